The van der Waals surface area contributed by atoms with E-state index in [4.69, 9.17) is 11.6 Å². The van der Waals surface area contributed by atoms with Gasteiger partial charge in [0.25, 0.3) is 0 Å². The highest BCUT2D eigenvalue weighted by Crippen LogP contribution is 2.31. The Morgan fingerprint density at radius 3 is 2.80 bits per heavy atom. The van der Waals surface area contributed by atoms with Crippen molar-refractivity contribution >= 4 is 22.5 Å². The Morgan fingerprint density at radius 2 is 2.10 bits per heavy atom. The molecular weight excluding hydrogens is 274 g/mol. The minimum atomic E-state index is -0.803. The topological polar surface area (TPSA) is 50.9 Å². The smallest absolute Gasteiger partial charge is 0.133 e. The van der Waals surface area contributed by atoms with Crippen LogP contribution in [-0.4, -0.2) is 19.9 Å². The highest BCUT2D eigenvalue weighted by Gasteiger charge is 2.21. The summed E-state index contributed by atoms with van der Waals surface area (Å²) in [5.74, 6) is 0. The molecule has 1 atom stereocenters. The van der Waals surface area contributed by atoms with Crippen molar-refractivity contribution in [3.8, 4) is 0 Å². The van der Waals surface area contributed by atoms with Crippen molar-refractivity contribution in [3.63, 3.8) is 0 Å². The van der Waals surface area contributed by atoms with Gasteiger partial charge in [0.2, 0.25) is 0 Å². The molecule has 1 unspecified atom stereocenters. The Kier molecular flexibility index (Phi) is 3.20. The molecule has 102 valence electrons. The summed E-state index contributed by atoms with van der Waals surface area (Å²) in [6.45, 7) is 1.84. The number of aryl methyl sites for hydroxylation is 2. The van der Waals surface area contributed by atoms with Crippen LogP contribution in [0.15, 0.2) is 36.5 Å². The Balaban J connectivity index is 2.10. The predicted molar refractivity (Wildman–Crippen MR) is 78.8 cm³/mol. The molecule has 0 aliphatic heterocycles. The molecule has 0 saturated carbocycles. The molecule has 0 aliphatic rings. The third-order valence-electron chi connectivity index (χ3n) is 3.42. The molecule has 0 saturated heterocycles. The summed E-state index contributed by atoms with van der Waals surface area (Å²) >= 11 is 6.20. The second-order valence-corrected chi connectivity index (χ2v) is 5.13. The molecule has 4 nitrogen and oxygen atoms in total. The number of halogens is 1. The van der Waals surface area contributed by atoms with Gasteiger partial charge in [-0.2, -0.15) is 5.10 Å². The molecule has 0 radical (unpaired) electrons. The van der Waals surface area contributed by atoms with E-state index in [0.29, 0.717) is 10.7 Å². The fourth-order valence-corrected chi connectivity index (χ4v) is 2.66. The van der Waals surface area contributed by atoms with Gasteiger partial charge in [-0.3, -0.25) is 9.67 Å². The summed E-state index contributed by atoms with van der Waals surface area (Å²) in [5, 5.41) is 16.3. The molecule has 0 aliphatic carbocycles. The van der Waals surface area contributed by atoms with Crippen molar-refractivity contribution in [2.75, 3.05) is 0 Å². The molecule has 1 aromatic carbocycles. The zero-order chi connectivity index (χ0) is 14.3. The third-order valence-corrected chi connectivity index (χ3v) is 3.86. The highest BCUT2D eigenvalue weighted by atomic mass is 35.5. The first-order chi connectivity index (χ1) is 9.58. The van der Waals surface area contributed by atoms with E-state index in [9.17, 15) is 5.11 Å². The summed E-state index contributed by atoms with van der Waals surface area (Å²) < 4.78 is 1.56. The minimum Gasteiger partial charge on any atom is -0.383 e. The maximum atomic E-state index is 10.6. The van der Waals surface area contributed by atoms with Crippen LogP contribution in [0.2, 0.25) is 5.15 Å². The number of hydrogen-bond donors (Lipinski definition) is 1. The first-order valence-corrected chi connectivity index (χ1v) is 6.67. The number of nitrogens with zero attached hydrogens (tertiary/aromatic N) is 3. The summed E-state index contributed by atoms with van der Waals surface area (Å²) in [5.41, 5.74) is 2.98. The van der Waals surface area contributed by atoms with Gasteiger partial charge in [0.15, 0.2) is 0 Å². The maximum absolute atomic E-state index is 10.6. The molecule has 1 N–H and O–H groups in total. The van der Waals surface area contributed by atoms with Gasteiger partial charge in [0, 0.05) is 24.2 Å². The van der Waals surface area contributed by atoms with Crippen LogP contribution in [0.3, 0.4) is 0 Å². The first-order valence-electron chi connectivity index (χ1n) is 6.29. The van der Waals surface area contributed by atoms with E-state index in [1.807, 2.05) is 37.3 Å². The number of aliphatic hydroxyl groups is 1. The van der Waals surface area contributed by atoms with Crippen LogP contribution < -0.4 is 0 Å². The maximum Gasteiger partial charge on any atom is 0.133 e. The van der Waals surface area contributed by atoms with Gasteiger partial charge < -0.3 is 5.11 Å². The molecule has 2 aromatic heterocycles. The Hall–Kier alpha value is -1.91. The van der Waals surface area contributed by atoms with Gasteiger partial charge in [0.1, 0.15) is 11.3 Å². The van der Waals surface area contributed by atoms with Gasteiger partial charge in [-0.25, -0.2) is 0 Å². The van der Waals surface area contributed by atoms with E-state index in [1.165, 1.54) is 0 Å². The SMILES string of the molecule is Cc1nn(C)c(Cl)c1C(O)c1ccc2cccnc2c1. The summed E-state index contributed by atoms with van der Waals surface area (Å²) in [6, 6.07) is 9.59. The fraction of sp³-hybridized carbons (Fsp3) is 0.200. The predicted octanol–water partition coefficient (Wildman–Crippen LogP) is 3.01. The van der Waals surface area contributed by atoms with E-state index in [0.717, 1.165) is 22.2 Å². The summed E-state index contributed by atoms with van der Waals surface area (Å²) in [4.78, 5) is 4.30. The number of aromatic nitrogens is 3. The molecule has 0 amide bonds. The van der Waals surface area contributed by atoms with Crippen molar-refractivity contribution in [2.45, 2.75) is 13.0 Å². The molecule has 0 fully saturated rings. The largest absolute Gasteiger partial charge is 0.383 e. The van der Waals surface area contributed by atoms with Gasteiger partial charge in [0.05, 0.1) is 11.2 Å². The van der Waals surface area contributed by atoms with E-state index >= 15 is 0 Å². The molecule has 5 heteroatoms. The Morgan fingerprint density at radius 1 is 1.30 bits per heavy atom. The van der Waals surface area contributed by atoms with E-state index in [2.05, 4.69) is 10.1 Å². The van der Waals surface area contributed by atoms with Crippen LogP contribution in [0, 0.1) is 6.92 Å². The van der Waals surface area contributed by atoms with Crippen molar-refractivity contribution in [1.82, 2.24) is 14.8 Å². The van der Waals surface area contributed by atoms with Crippen LogP contribution in [0.1, 0.15) is 22.9 Å². The van der Waals surface area contributed by atoms with Gasteiger partial charge in [-0.15, -0.1) is 0 Å². The number of benzene rings is 1. The van der Waals surface area contributed by atoms with Crippen LogP contribution in [0.4, 0.5) is 0 Å². The normalized spacial score (nSPS) is 12.8. The summed E-state index contributed by atoms with van der Waals surface area (Å²) in [7, 11) is 1.76. The number of rotatable bonds is 2. The second kappa shape index (κ2) is 4.89. The van der Waals surface area contributed by atoms with Crippen molar-refractivity contribution in [2.24, 2.45) is 7.05 Å². The zero-order valence-corrected chi connectivity index (χ0v) is 12.0. The average Bonchev–Trinajstić information content (AvgIpc) is 2.71. The molecule has 0 bridgehead atoms. The van der Waals surface area contributed by atoms with E-state index in [-0.39, 0.29) is 0 Å². The zero-order valence-electron chi connectivity index (χ0n) is 11.2. The number of fused-ring (bicyclic) bond motifs is 1. The number of aliphatic hydroxyl groups excluding tert-OH is 1. The standard InChI is InChI=1S/C15H14ClN3O/c1-9-13(15(16)19(2)18-9)14(20)11-6-5-10-4-3-7-17-12(10)8-11/h3-8,14,20H,1-2H3. The Labute approximate surface area is 121 Å². The van der Waals surface area contributed by atoms with Gasteiger partial charge >= 0.3 is 0 Å². The van der Waals surface area contributed by atoms with E-state index < -0.39 is 6.10 Å². The van der Waals surface area contributed by atoms with Crippen LogP contribution in [-0.2, 0) is 7.05 Å². The highest BCUT2D eigenvalue weighted by molar-refractivity contribution is 6.30. The monoisotopic (exact) mass is 287 g/mol. The van der Waals surface area contributed by atoms with Crippen LogP contribution in [0.25, 0.3) is 10.9 Å². The lowest BCUT2D eigenvalue weighted by Crippen LogP contribution is -2.01. The lowest BCUT2D eigenvalue weighted by atomic mass is 10.0. The van der Waals surface area contributed by atoms with Gasteiger partial charge in [-0.1, -0.05) is 29.8 Å². The molecule has 3 rings (SSSR count). The minimum absolute atomic E-state index is 0.455. The third kappa shape index (κ3) is 2.07. The van der Waals surface area contributed by atoms with Crippen molar-refractivity contribution in [1.29, 1.82) is 0 Å². The van der Waals surface area contributed by atoms with Crippen molar-refractivity contribution in [3.05, 3.63) is 58.5 Å². The lowest BCUT2D eigenvalue weighted by Gasteiger charge is -2.12. The van der Waals surface area contributed by atoms with E-state index in [1.54, 1.807) is 17.9 Å². The molecule has 3 aromatic rings. The van der Waals surface area contributed by atoms with Crippen LogP contribution in [0.5, 0.6) is 0 Å². The van der Waals surface area contributed by atoms with Gasteiger partial charge in [-0.05, 0) is 24.6 Å². The number of hydrogen-bond acceptors (Lipinski definition) is 3. The molecular formula is C15H14ClN3O. The molecule has 0 spiro atoms. The van der Waals surface area contributed by atoms with Crippen LogP contribution >= 0.6 is 11.6 Å². The molecule has 20 heavy (non-hydrogen) atoms. The first kappa shape index (κ1) is 13.1. The second-order valence-electron chi connectivity index (χ2n) is 4.77. The summed E-state index contributed by atoms with van der Waals surface area (Å²) in [6.07, 6.45) is 0.934. The number of pyridine rings is 1. The molecule has 2 heterocycles. The Bertz CT molecular complexity index is 782. The quantitative estimate of drug-likeness (QED) is 0.788. The lowest BCUT2D eigenvalue weighted by molar-refractivity contribution is 0.219. The fourth-order valence-electron chi connectivity index (χ4n) is 2.38. The van der Waals surface area contributed by atoms with Crippen molar-refractivity contribution < 1.29 is 5.11 Å². The average molecular weight is 288 g/mol.